The van der Waals surface area contributed by atoms with Crippen LogP contribution in [0.4, 0.5) is 5.69 Å². The molecule has 1 fully saturated rings. The number of likely N-dealkylation sites (tertiary alicyclic amines) is 1. The number of carbonyl (C=O) groups excluding carboxylic acids is 2. The van der Waals surface area contributed by atoms with Gasteiger partial charge in [0.1, 0.15) is 5.75 Å². The van der Waals surface area contributed by atoms with E-state index in [9.17, 15) is 9.59 Å². The van der Waals surface area contributed by atoms with Crippen LogP contribution in [-0.4, -0.2) is 55.7 Å². The van der Waals surface area contributed by atoms with Gasteiger partial charge in [0, 0.05) is 38.2 Å². The van der Waals surface area contributed by atoms with Crippen molar-refractivity contribution in [1.82, 2.24) is 4.90 Å². The third kappa shape index (κ3) is 5.94. The maximum atomic E-state index is 12.4. The number of nitrogens with zero attached hydrogens (tertiary/aromatic N) is 1. The van der Waals surface area contributed by atoms with Crippen molar-refractivity contribution in [3.63, 3.8) is 0 Å². The zero-order valence-corrected chi connectivity index (χ0v) is 16.5. The normalized spacial score (nSPS) is 17.2. The lowest BCUT2D eigenvalue weighted by molar-refractivity contribution is -0.134. The molecule has 2 amide bonds. The second kappa shape index (κ2) is 10.4. The van der Waals surface area contributed by atoms with Crippen molar-refractivity contribution in [1.29, 1.82) is 0 Å². The molecule has 2 heterocycles. The van der Waals surface area contributed by atoms with Gasteiger partial charge in [-0.05, 0) is 62.4 Å². The standard InChI is InChI=1S/C21H31N3O4/c22-10-2-14-27-17-8-11-24(12-9-17)21(26)3-1-13-28-18-5-6-19-16(15-18)4-7-20(25)23-19/h5-6,15,17H,1-4,7-14,22H2,(H,23,25). The van der Waals surface area contributed by atoms with E-state index in [2.05, 4.69) is 5.32 Å². The minimum absolute atomic E-state index is 0.0610. The Morgan fingerprint density at radius 1 is 1.18 bits per heavy atom. The Kier molecular flexibility index (Phi) is 7.68. The maximum Gasteiger partial charge on any atom is 0.224 e. The van der Waals surface area contributed by atoms with E-state index in [1.807, 2.05) is 23.1 Å². The SMILES string of the molecule is NCCCOC1CCN(C(=O)CCCOc2ccc3c(c2)CCC(=O)N3)CC1. The molecule has 0 radical (unpaired) electrons. The van der Waals surface area contributed by atoms with Crippen molar-refractivity contribution in [2.75, 3.05) is 38.2 Å². The summed E-state index contributed by atoms with van der Waals surface area (Å²) in [7, 11) is 0. The first-order chi connectivity index (χ1) is 13.7. The van der Waals surface area contributed by atoms with Gasteiger partial charge >= 0.3 is 0 Å². The van der Waals surface area contributed by atoms with Crippen molar-refractivity contribution in [3.8, 4) is 5.75 Å². The van der Waals surface area contributed by atoms with Gasteiger partial charge in [-0.15, -0.1) is 0 Å². The summed E-state index contributed by atoms with van der Waals surface area (Å²) in [5, 5.41) is 2.86. The Morgan fingerprint density at radius 2 is 2.00 bits per heavy atom. The number of nitrogens with one attached hydrogen (secondary N) is 1. The zero-order chi connectivity index (χ0) is 19.8. The molecule has 0 aromatic heterocycles. The smallest absolute Gasteiger partial charge is 0.224 e. The largest absolute Gasteiger partial charge is 0.494 e. The van der Waals surface area contributed by atoms with Crippen LogP contribution in [0.5, 0.6) is 5.75 Å². The fourth-order valence-electron chi connectivity index (χ4n) is 3.63. The molecule has 0 atom stereocenters. The zero-order valence-electron chi connectivity index (χ0n) is 16.5. The van der Waals surface area contributed by atoms with Crippen molar-refractivity contribution >= 4 is 17.5 Å². The van der Waals surface area contributed by atoms with Crippen LogP contribution in [0.15, 0.2) is 18.2 Å². The van der Waals surface area contributed by atoms with Crippen LogP contribution in [0.25, 0.3) is 0 Å². The average molecular weight is 389 g/mol. The molecule has 3 rings (SSSR count). The van der Waals surface area contributed by atoms with Crippen LogP contribution < -0.4 is 15.8 Å². The van der Waals surface area contributed by atoms with Crippen LogP contribution in [0, 0.1) is 0 Å². The second-order valence-corrected chi connectivity index (χ2v) is 7.41. The number of benzene rings is 1. The Hall–Kier alpha value is -2.12. The van der Waals surface area contributed by atoms with E-state index < -0.39 is 0 Å². The number of hydrogen-bond donors (Lipinski definition) is 2. The number of carbonyl (C=O) groups is 2. The summed E-state index contributed by atoms with van der Waals surface area (Å²) < 4.78 is 11.6. The molecule has 1 saturated heterocycles. The molecule has 1 aromatic rings. The van der Waals surface area contributed by atoms with Gasteiger partial charge in [-0.25, -0.2) is 0 Å². The number of amides is 2. The van der Waals surface area contributed by atoms with E-state index in [1.54, 1.807) is 0 Å². The lowest BCUT2D eigenvalue weighted by Crippen LogP contribution is -2.41. The van der Waals surface area contributed by atoms with Gasteiger partial charge in [-0.1, -0.05) is 0 Å². The Labute approximate surface area is 166 Å². The van der Waals surface area contributed by atoms with Crippen LogP contribution in [-0.2, 0) is 20.7 Å². The number of piperidine rings is 1. The van der Waals surface area contributed by atoms with Crippen LogP contribution in [0.3, 0.4) is 0 Å². The highest BCUT2D eigenvalue weighted by molar-refractivity contribution is 5.94. The first-order valence-electron chi connectivity index (χ1n) is 10.3. The monoisotopic (exact) mass is 389 g/mol. The summed E-state index contributed by atoms with van der Waals surface area (Å²) in [5.41, 5.74) is 7.45. The van der Waals surface area contributed by atoms with Crippen molar-refractivity contribution in [2.45, 2.75) is 51.0 Å². The fourth-order valence-corrected chi connectivity index (χ4v) is 3.63. The second-order valence-electron chi connectivity index (χ2n) is 7.41. The molecule has 0 unspecified atom stereocenters. The van der Waals surface area contributed by atoms with E-state index >= 15 is 0 Å². The van der Waals surface area contributed by atoms with Crippen LogP contribution in [0.2, 0.25) is 0 Å². The minimum atomic E-state index is 0.0610. The number of hydrogen-bond acceptors (Lipinski definition) is 5. The molecule has 0 saturated carbocycles. The Morgan fingerprint density at radius 3 is 2.79 bits per heavy atom. The molecule has 28 heavy (non-hydrogen) atoms. The van der Waals surface area contributed by atoms with Crippen molar-refractivity contribution in [2.24, 2.45) is 5.73 Å². The molecule has 154 valence electrons. The molecular formula is C21H31N3O4. The van der Waals surface area contributed by atoms with Crippen LogP contribution >= 0.6 is 0 Å². The van der Waals surface area contributed by atoms with Gasteiger partial charge in [0.25, 0.3) is 0 Å². The number of anilines is 1. The molecule has 0 spiro atoms. The summed E-state index contributed by atoms with van der Waals surface area (Å²) in [6.45, 7) is 3.41. The maximum absolute atomic E-state index is 12.4. The summed E-state index contributed by atoms with van der Waals surface area (Å²) in [5.74, 6) is 1.04. The van der Waals surface area contributed by atoms with E-state index in [0.717, 1.165) is 55.8 Å². The molecule has 2 aliphatic rings. The van der Waals surface area contributed by atoms with Gasteiger partial charge in [-0.2, -0.15) is 0 Å². The van der Waals surface area contributed by atoms with E-state index in [-0.39, 0.29) is 17.9 Å². The van der Waals surface area contributed by atoms with Crippen molar-refractivity contribution in [3.05, 3.63) is 23.8 Å². The fraction of sp³-hybridized carbons (Fsp3) is 0.619. The average Bonchev–Trinajstić information content (AvgIpc) is 2.72. The highest BCUT2D eigenvalue weighted by Gasteiger charge is 2.22. The molecule has 1 aromatic carbocycles. The van der Waals surface area contributed by atoms with Gasteiger partial charge in [0.05, 0.1) is 12.7 Å². The number of ether oxygens (including phenoxy) is 2. The van der Waals surface area contributed by atoms with Gasteiger partial charge in [0.15, 0.2) is 0 Å². The molecule has 3 N–H and O–H groups in total. The molecular weight excluding hydrogens is 358 g/mol. The summed E-state index contributed by atoms with van der Waals surface area (Å²) in [4.78, 5) is 25.7. The number of aryl methyl sites for hydroxylation is 1. The van der Waals surface area contributed by atoms with Gasteiger partial charge in [0.2, 0.25) is 11.8 Å². The number of fused-ring (bicyclic) bond motifs is 1. The summed E-state index contributed by atoms with van der Waals surface area (Å²) >= 11 is 0. The Bertz CT molecular complexity index is 672. The lowest BCUT2D eigenvalue weighted by Gasteiger charge is -2.32. The first kappa shape index (κ1) is 20.6. The highest BCUT2D eigenvalue weighted by atomic mass is 16.5. The minimum Gasteiger partial charge on any atom is -0.494 e. The van der Waals surface area contributed by atoms with E-state index in [1.165, 1.54) is 0 Å². The van der Waals surface area contributed by atoms with Crippen molar-refractivity contribution < 1.29 is 19.1 Å². The predicted octanol–water partition coefficient (Wildman–Crippen LogP) is 2.09. The molecule has 2 aliphatic heterocycles. The Balaban J connectivity index is 1.32. The van der Waals surface area contributed by atoms with Gasteiger partial charge < -0.3 is 25.4 Å². The van der Waals surface area contributed by atoms with Crippen LogP contribution in [0.1, 0.15) is 44.1 Å². The predicted molar refractivity (Wildman–Crippen MR) is 107 cm³/mol. The number of nitrogens with two attached hydrogens (primary N) is 1. The molecule has 0 aliphatic carbocycles. The molecule has 7 nitrogen and oxygen atoms in total. The first-order valence-corrected chi connectivity index (χ1v) is 10.3. The third-order valence-electron chi connectivity index (χ3n) is 5.27. The summed E-state index contributed by atoms with van der Waals surface area (Å²) in [6.07, 6.45) is 5.39. The summed E-state index contributed by atoms with van der Waals surface area (Å²) in [6, 6.07) is 5.72. The third-order valence-corrected chi connectivity index (χ3v) is 5.27. The molecule has 0 bridgehead atoms. The number of rotatable bonds is 9. The van der Waals surface area contributed by atoms with E-state index in [0.29, 0.717) is 39.0 Å². The topological polar surface area (TPSA) is 93.9 Å². The van der Waals surface area contributed by atoms with E-state index in [4.69, 9.17) is 15.2 Å². The lowest BCUT2D eigenvalue weighted by atomic mass is 10.0. The quantitative estimate of drug-likeness (QED) is 0.631. The molecule has 7 heteroatoms. The van der Waals surface area contributed by atoms with Gasteiger partial charge in [-0.3, -0.25) is 9.59 Å². The highest BCUT2D eigenvalue weighted by Crippen LogP contribution is 2.27.